The van der Waals surface area contributed by atoms with Gasteiger partial charge < -0.3 is 15.2 Å². The molecule has 1 aromatic carbocycles. The standard InChI is InChI=1S/C16H21N3O3/c1-12-4-3-5-15(6-12)22-11-14(20)8-17-16(21)10-19-9-13(2)7-18-19/h3-7,9,14,20H,8,10-11H2,1-2H3,(H,17,21). The summed E-state index contributed by atoms with van der Waals surface area (Å²) in [4.78, 5) is 11.7. The van der Waals surface area contributed by atoms with E-state index in [9.17, 15) is 9.90 Å². The van der Waals surface area contributed by atoms with Crippen molar-refractivity contribution in [1.82, 2.24) is 15.1 Å². The number of aliphatic hydroxyl groups is 1. The number of aromatic nitrogens is 2. The van der Waals surface area contributed by atoms with Crippen molar-refractivity contribution < 1.29 is 14.6 Å². The maximum absolute atomic E-state index is 11.7. The molecule has 2 aromatic rings. The molecule has 1 amide bonds. The molecule has 1 unspecified atom stereocenters. The number of nitrogens with zero attached hydrogens (tertiary/aromatic N) is 2. The molecule has 0 bridgehead atoms. The fourth-order valence-electron chi connectivity index (χ4n) is 1.94. The van der Waals surface area contributed by atoms with Crippen molar-refractivity contribution in [1.29, 1.82) is 0 Å². The fourth-order valence-corrected chi connectivity index (χ4v) is 1.94. The van der Waals surface area contributed by atoms with E-state index < -0.39 is 6.10 Å². The molecule has 0 saturated carbocycles. The molecular weight excluding hydrogens is 282 g/mol. The van der Waals surface area contributed by atoms with E-state index in [-0.39, 0.29) is 25.6 Å². The summed E-state index contributed by atoms with van der Waals surface area (Å²) in [5, 5.41) is 16.5. The second-order valence-corrected chi connectivity index (χ2v) is 5.30. The zero-order valence-electron chi connectivity index (χ0n) is 12.8. The van der Waals surface area contributed by atoms with Crippen LogP contribution in [-0.4, -0.2) is 40.0 Å². The first-order valence-electron chi connectivity index (χ1n) is 7.16. The topological polar surface area (TPSA) is 76.4 Å². The molecule has 118 valence electrons. The Morgan fingerprint density at radius 1 is 1.41 bits per heavy atom. The minimum atomic E-state index is -0.760. The normalized spacial score (nSPS) is 12.0. The van der Waals surface area contributed by atoms with E-state index in [4.69, 9.17) is 4.74 Å². The molecule has 2 rings (SSSR count). The Hall–Kier alpha value is -2.34. The SMILES string of the molecule is Cc1cccc(OCC(O)CNC(=O)Cn2cc(C)cn2)c1. The number of ether oxygens (including phenoxy) is 1. The molecule has 0 radical (unpaired) electrons. The molecule has 0 aliphatic rings. The number of aliphatic hydroxyl groups excluding tert-OH is 1. The molecule has 1 atom stereocenters. The molecule has 6 heteroatoms. The summed E-state index contributed by atoms with van der Waals surface area (Å²) in [7, 11) is 0. The van der Waals surface area contributed by atoms with E-state index in [1.54, 1.807) is 17.1 Å². The molecule has 22 heavy (non-hydrogen) atoms. The highest BCUT2D eigenvalue weighted by Gasteiger charge is 2.09. The monoisotopic (exact) mass is 303 g/mol. The van der Waals surface area contributed by atoms with Gasteiger partial charge in [0.2, 0.25) is 5.91 Å². The van der Waals surface area contributed by atoms with E-state index in [0.717, 1.165) is 11.1 Å². The highest BCUT2D eigenvalue weighted by Crippen LogP contribution is 2.12. The molecule has 6 nitrogen and oxygen atoms in total. The van der Waals surface area contributed by atoms with Gasteiger partial charge in [-0.15, -0.1) is 0 Å². The van der Waals surface area contributed by atoms with Crippen LogP contribution in [0, 0.1) is 13.8 Å². The summed E-state index contributed by atoms with van der Waals surface area (Å²) in [5.74, 6) is 0.509. The van der Waals surface area contributed by atoms with Crippen LogP contribution in [0.15, 0.2) is 36.7 Å². The molecule has 0 saturated heterocycles. The number of hydrogen-bond donors (Lipinski definition) is 2. The first-order valence-corrected chi connectivity index (χ1v) is 7.16. The number of nitrogens with one attached hydrogen (secondary N) is 1. The summed E-state index contributed by atoms with van der Waals surface area (Å²) in [5.41, 5.74) is 2.09. The van der Waals surface area contributed by atoms with Crippen LogP contribution >= 0.6 is 0 Å². The number of carbonyl (C=O) groups is 1. The lowest BCUT2D eigenvalue weighted by Gasteiger charge is -2.13. The number of benzene rings is 1. The third kappa shape index (κ3) is 5.21. The van der Waals surface area contributed by atoms with Crippen LogP contribution in [0.4, 0.5) is 0 Å². The van der Waals surface area contributed by atoms with Gasteiger partial charge >= 0.3 is 0 Å². The predicted molar refractivity (Wildman–Crippen MR) is 82.7 cm³/mol. The van der Waals surface area contributed by atoms with Gasteiger partial charge in [-0.3, -0.25) is 9.48 Å². The largest absolute Gasteiger partial charge is 0.491 e. The molecule has 0 fully saturated rings. The average Bonchev–Trinajstić information content (AvgIpc) is 2.88. The lowest BCUT2D eigenvalue weighted by Crippen LogP contribution is -2.37. The number of amides is 1. The van der Waals surface area contributed by atoms with E-state index in [1.165, 1.54) is 0 Å². The smallest absolute Gasteiger partial charge is 0.241 e. The zero-order chi connectivity index (χ0) is 15.9. The van der Waals surface area contributed by atoms with Crippen LogP contribution in [0.1, 0.15) is 11.1 Å². The summed E-state index contributed by atoms with van der Waals surface area (Å²) in [6, 6.07) is 7.59. The van der Waals surface area contributed by atoms with Crippen LogP contribution in [0.3, 0.4) is 0 Å². The number of rotatable bonds is 7. The van der Waals surface area contributed by atoms with Crippen molar-refractivity contribution >= 4 is 5.91 Å². The molecule has 0 aliphatic carbocycles. The summed E-state index contributed by atoms with van der Waals surface area (Å²) in [6.07, 6.45) is 2.72. The second kappa shape index (κ2) is 7.61. The van der Waals surface area contributed by atoms with E-state index in [2.05, 4.69) is 10.4 Å². The Kier molecular flexibility index (Phi) is 5.55. The van der Waals surface area contributed by atoms with Gasteiger partial charge in [-0.25, -0.2) is 0 Å². The Balaban J connectivity index is 1.68. The van der Waals surface area contributed by atoms with Crippen molar-refractivity contribution in [2.24, 2.45) is 0 Å². The number of aryl methyl sites for hydroxylation is 2. The molecule has 1 heterocycles. The summed E-state index contributed by atoms with van der Waals surface area (Å²) in [6.45, 7) is 4.29. The van der Waals surface area contributed by atoms with Gasteiger partial charge in [-0.05, 0) is 37.1 Å². The Bertz CT molecular complexity index is 625. The van der Waals surface area contributed by atoms with Gasteiger partial charge in [0.05, 0.1) is 6.20 Å². The highest BCUT2D eigenvalue weighted by atomic mass is 16.5. The van der Waals surface area contributed by atoms with Crippen molar-refractivity contribution in [3.05, 3.63) is 47.8 Å². The number of carbonyl (C=O) groups excluding carboxylic acids is 1. The minimum absolute atomic E-state index is 0.130. The van der Waals surface area contributed by atoms with Crippen LogP contribution in [0.25, 0.3) is 0 Å². The van der Waals surface area contributed by atoms with E-state index in [1.807, 2.05) is 38.1 Å². The maximum Gasteiger partial charge on any atom is 0.241 e. The molecule has 1 aromatic heterocycles. The van der Waals surface area contributed by atoms with Crippen LogP contribution in [0.5, 0.6) is 5.75 Å². The lowest BCUT2D eigenvalue weighted by atomic mass is 10.2. The van der Waals surface area contributed by atoms with Gasteiger partial charge in [0.15, 0.2) is 0 Å². The third-order valence-electron chi connectivity index (χ3n) is 3.03. The van der Waals surface area contributed by atoms with E-state index >= 15 is 0 Å². The Morgan fingerprint density at radius 3 is 2.91 bits per heavy atom. The molecule has 0 aliphatic heterocycles. The fraction of sp³-hybridized carbons (Fsp3) is 0.375. The second-order valence-electron chi connectivity index (χ2n) is 5.30. The maximum atomic E-state index is 11.7. The Morgan fingerprint density at radius 2 is 2.23 bits per heavy atom. The zero-order valence-corrected chi connectivity index (χ0v) is 12.8. The molecule has 2 N–H and O–H groups in total. The van der Waals surface area contributed by atoms with Gasteiger partial charge in [0.25, 0.3) is 0 Å². The summed E-state index contributed by atoms with van der Waals surface area (Å²) < 4.78 is 7.04. The average molecular weight is 303 g/mol. The van der Waals surface area contributed by atoms with Crippen LogP contribution < -0.4 is 10.1 Å². The third-order valence-corrected chi connectivity index (χ3v) is 3.03. The van der Waals surface area contributed by atoms with Crippen LogP contribution in [-0.2, 0) is 11.3 Å². The number of hydrogen-bond acceptors (Lipinski definition) is 4. The molecule has 0 spiro atoms. The first-order chi connectivity index (χ1) is 10.5. The predicted octanol–water partition coefficient (Wildman–Crippen LogP) is 1.06. The van der Waals surface area contributed by atoms with Gasteiger partial charge in [-0.2, -0.15) is 5.10 Å². The minimum Gasteiger partial charge on any atom is -0.491 e. The quantitative estimate of drug-likeness (QED) is 0.802. The molecular formula is C16H21N3O3. The van der Waals surface area contributed by atoms with E-state index in [0.29, 0.717) is 5.75 Å². The van der Waals surface area contributed by atoms with Crippen LogP contribution in [0.2, 0.25) is 0 Å². The van der Waals surface area contributed by atoms with Gasteiger partial charge in [0.1, 0.15) is 25.0 Å². The summed E-state index contributed by atoms with van der Waals surface area (Å²) >= 11 is 0. The first kappa shape index (κ1) is 16.0. The van der Waals surface area contributed by atoms with Crippen molar-refractivity contribution in [2.45, 2.75) is 26.5 Å². The van der Waals surface area contributed by atoms with Crippen molar-refractivity contribution in [3.63, 3.8) is 0 Å². The lowest BCUT2D eigenvalue weighted by molar-refractivity contribution is -0.122. The van der Waals surface area contributed by atoms with Gasteiger partial charge in [-0.1, -0.05) is 12.1 Å². The van der Waals surface area contributed by atoms with Gasteiger partial charge in [0, 0.05) is 12.7 Å². The van der Waals surface area contributed by atoms with Crippen molar-refractivity contribution in [3.8, 4) is 5.75 Å². The highest BCUT2D eigenvalue weighted by molar-refractivity contribution is 5.75. The Labute approximate surface area is 129 Å². The van der Waals surface area contributed by atoms with Crippen molar-refractivity contribution in [2.75, 3.05) is 13.2 Å².